The van der Waals surface area contributed by atoms with Crippen molar-refractivity contribution in [1.82, 2.24) is 4.90 Å². The van der Waals surface area contributed by atoms with Crippen molar-refractivity contribution < 1.29 is 4.79 Å². The van der Waals surface area contributed by atoms with Gasteiger partial charge in [0.05, 0.1) is 0 Å². The average molecular weight is 234 g/mol. The van der Waals surface area contributed by atoms with Crippen molar-refractivity contribution in [2.24, 2.45) is 0 Å². The highest BCUT2D eigenvalue weighted by atomic mass is 16.2. The predicted molar refractivity (Wildman–Crippen MR) is 72.5 cm³/mol. The van der Waals surface area contributed by atoms with Crippen molar-refractivity contribution in [2.45, 2.75) is 33.1 Å². The lowest BCUT2D eigenvalue weighted by atomic mass is 9.87. The molecule has 0 bridgehead atoms. The van der Waals surface area contributed by atoms with E-state index in [1.54, 1.807) is 11.9 Å². The van der Waals surface area contributed by atoms with Crippen LogP contribution in [0.25, 0.3) is 0 Å². The van der Waals surface area contributed by atoms with Gasteiger partial charge in [-0.2, -0.15) is 0 Å². The van der Waals surface area contributed by atoms with Crippen LogP contribution in [0.2, 0.25) is 0 Å². The van der Waals surface area contributed by atoms with Gasteiger partial charge in [-0.25, -0.2) is 4.79 Å². The maximum absolute atomic E-state index is 11.6. The minimum absolute atomic E-state index is 0.0731. The van der Waals surface area contributed by atoms with E-state index in [1.807, 2.05) is 19.1 Å². The summed E-state index contributed by atoms with van der Waals surface area (Å²) in [6.07, 6.45) is 0. The van der Waals surface area contributed by atoms with E-state index in [9.17, 15) is 4.79 Å². The Hall–Kier alpha value is -1.51. The van der Waals surface area contributed by atoms with E-state index >= 15 is 0 Å². The maximum Gasteiger partial charge on any atom is 0.321 e. The number of nitrogens with zero attached hydrogens (tertiary/aromatic N) is 1. The largest absolute Gasteiger partial charge is 0.328 e. The van der Waals surface area contributed by atoms with Gasteiger partial charge in [0.25, 0.3) is 0 Å². The van der Waals surface area contributed by atoms with Gasteiger partial charge in [0.2, 0.25) is 0 Å². The fourth-order valence-electron chi connectivity index (χ4n) is 1.42. The molecule has 0 aliphatic heterocycles. The van der Waals surface area contributed by atoms with Gasteiger partial charge in [-0.1, -0.05) is 32.9 Å². The number of nitrogens with one attached hydrogen (secondary N) is 1. The summed E-state index contributed by atoms with van der Waals surface area (Å²) in [4.78, 5) is 13.3. The fraction of sp³-hybridized carbons (Fsp3) is 0.500. The molecule has 0 aliphatic carbocycles. The second-order valence-corrected chi connectivity index (χ2v) is 5.27. The van der Waals surface area contributed by atoms with Crippen LogP contribution in [0.15, 0.2) is 24.3 Å². The monoisotopic (exact) mass is 234 g/mol. The normalized spacial score (nSPS) is 11.1. The molecule has 3 nitrogen and oxygen atoms in total. The molecule has 1 aromatic rings. The Morgan fingerprint density at radius 3 is 2.18 bits per heavy atom. The number of carbonyl (C=O) groups is 1. The lowest BCUT2D eigenvalue weighted by Gasteiger charge is -2.20. The van der Waals surface area contributed by atoms with E-state index < -0.39 is 0 Å². The third-order valence-electron chi connectivity index (χ3n) is 2.82. The molecule has 3 heteroatoms. The van der Waals surface area contributed by atoms with Crippen LogP contribution in [0.4, 0.5) is 10.5 Å². The van der Waals surface area contributed by atoms with E-state index in [0.717, 1.165) is 5.69 Å². The summed E-state index contributed by atoms with van der Waals surface area (Å²) in [6.45, 7) is 9.16. The van der Waals surface area contributed by atoms with Crippen molar-refractivity contribution in [3.8, 4) is 0 Å². The van der Waals surface area contributed by atoms with Gasteiger partial charge < -0.3 is 10.2 Å². The molecule has 0 unspecified atom stereocenters. The van der Waals surface area contributed by atoms with Crippen LogP contribution < -0.4 is 5.32 Å². The van der Waals surface area contributed by atoms with Crippen molar-refractivity contribution in [3.05, 3.63) is 29.8 Å². The third kappa shape index (κ3) is 3.77. The number of hydrogen-bond acceptors (Lipinski definition) is 1. The van der Waals surface area contributed by atoms with Crippen LogP contribution in [0.1, 0.15) is 33.3 Å². The van der Waals surface area contributed by atoms with Crippen LogP contribution >= 0.6 is 0 Å². The van der Waals surface area contributed by atoms with Gasteiger partial charge in [0.15, 0.2) is 0 Å². The molecule has 1 N–H and O–H groups in total. The molecule has 17 heavy (non-hydrogen) atoms. The molecule has 0 saturated heterocycles. The van der Waals surface area contributed by atoms with Gasteiger partial charge in [-0.15, -0.1) is 0 Å². The van der Waals surface area contributed by atoms with Crippen molar-refractivity contribution in [2.75, 3.05) is 18.9 Å². The average Bonchev–Trinajstić information content (AvgIpc) is 2.27. The van der Waals surface area contributed by atoms with Crippen LogP contribution in [0.5, 0.6) is 0 Å². The van der Waals surface area contributed by atoms with Crippen molar-refractivity contribution in [1.29, 1.82) is 0 Å². The van der Waals surface area contributed by atoms with E-state index in [2.05, 4.69) is 38.2 Å². The Morgan fingerprint density at radius 1 is 1.24 bits per heavy atom. The first-order chi connectivity index (χ1) is 7.84. The first-order valence-electron chi connectivity index (χ1n) is 5.97. The molecule has 0 aromatic heterocycles. The number of benzene rings is 1. The Labute approximate surface area is 104 Å². The standard InChI is InChI=1S/C14H22N2O/c1-6-16(5)13(17)15-12-9-7-11(8-10-12)14(2,3)4/h7-10H,6H2,1-5H3,(H,15,17). The van der Waals surface area contributed by atoms with Crippen LogP contribution in [-0.2, 0) is 5.41 Å². The zero-order chi connectivity index (χ0) is 13.1. The number of urea groups is 1. The summed E-state index contributed by atoms with van der Waals surface area (Å²) in [5.74, 6) is 0. The van der Waals surface area contributed by atoms with E-state index in [0.29, 0.717) is 6.54 Å². The van der Waals surface area contributed by atoms with Gasteiger partial charge in [0.1, 0.15) is 0 Å². The Morgan fingerprint density at radius 2 is 1.76 bits per heavy atom. The summed E-state index contributed by atoms with van der Waals surface area (Å²) in [5.41, 5.74) is 2.24. The lowest BCUT2D eigenvalue weighted by molar-refractivity contribution is 0.224. The molecular weight excluding hydrogens is 212 g/mol. The molecule has 0 saturated carbocycles. The molecule has 1 rings (SSSR count). The number of hydrogen-bond donors (Lipinski definition) is 1. The second-order valence-electron chi connectivity index (χ2n) is 5.27. The third-order valence-corrected chi connectivity index (χ3v) is 2.82. The maximum atomic E-state index is 11.6. The highest BCUT2D eigenvalue weighted by Gasteiger charge is 2.13. The SMILES string of the molecule is CCN(C)C(=O)Nc1ccc(C(C)(C)C)cc1. The smallest absolute Gasteiger partial charge is 0.321 e. The topological polar surface area (TPSA) is 32.3 Å². The molecule has 0 heterocycles. The van der Waals surface area contributed by atoms with Crippen molar-refractivity contribution >= 4 is 11.7 Å². The van der Waals surface area contributed by atoms with Gasteiger partial charge in [-0.05, 0) is 30.0 Å². The number of rotatable bonds is 2. The lowest BCUT2D eigenvalue weighted by Crippen LogP contribution is -2.30. The van der Waals surface area contributed by atoms with Crippen molar-refractivity contribution in [3.63, 3.8) is 0 Å². The molecule has 94 valence electrons. The number of amides is 2. The van der Waals surface area contributed by atoms with Crippen LogP contribution in [0.3, 0.4) is 0 Å². The summed E-state index contributed by atoms with van der Waals surface area (Å²) in [6, 6.07) is 7.93. The van der Waals surface area contributed by atoms with Gasteiger partial charge in [-0.3, -0.25) is 0 Å². The van der Waals surface area contributed by atoms with Gasteiger partial charge >= 0.3 is 6.03 Å². The van der Waals surface area contributed by atoms with Crippen LogP contribution in [0, 0.1) is 0 Å². The van der Waals surface area contributed by atoms with E-state index in [-0.39, 0.29) is 11.4 Å². The molecule has 1 aromatic carbocycles. The zero-order valence-electron chi connectivity index (χ0n) is 11.4. The van der Waals surface area contributed by atoms with Gasteiger partial charge in [0, 0.05) is 19.3 Å². The molecule has 0 fully saturated rings. The predicted octanol–water partition coefficient (Wildman–Crippen LogP) is 3.47. The molecule has 0 atom stereocenters. The number of carbonyl (C=O) groups excluding carboxylic acids is 1. The molecule has 0 aliphatic rings. The minimum Gasteiger partial charge on any atom is -0.328 e. The summed E-state index contributed by atoms with van der Waals surface area (Å²) < 4.78 is 0. The summed E-state index contributed by atoms with van der Waals surface area (Å²) in [7, 11) is 1.78. The Kier molecular flexibility index (Phi) is 4.16. The quantitative estimate of drug-likeness (QED) is 0.835. The number of anilines is 1. The van der Waals surface area contributed by atoms with E-state index in [1.165, 1.54) is 5.56 Å². The van der Waals surface area contributed by atoms with Crippen LogP contribution in [-0.4, -0.2) is 24.5 Å². The highest BCUT2D eigenvalue weighted by Crippen LogP contribution is 2.23. The zero-order valence-corrected chi connectivity index (χ0v) is 11.4. The molecular formula is C14H22N2O. The first kappa shape index (κ1) is 13.6. The van der Waals surface area contributed by atoms with E-state index in [4.69, 9.17) is 0 Å². The molecule has 0 radical (unpaired) electrons. The molecule has 2 amide bonds. The Bertz CT molecular complexity index is 376. The summed E-state index contributed by atoms with van der Waals surface area (Å²) in [5, 5.41) is 2.86. The fourth-order valence-corrected chi connectivity index (χ4v) is 1.42. The first-order valence-corrected chi connectivity index (χ1v) is 5.97. The highest BCUT2D eigenvalue weighted by molar-refractivity contribution is 5.89. The molecule has 0 spiro atoms. The summed E-state index contributed by atoms with van der Waals surface area (Å²) >= 11 is 0. The second kappa shape index (κ2) is 5.21. The Balaban J connectivity index is 2.73. The minimum atomic E-state index is -0.0731.